The smallest absolute Gasteiger partial charge is 0.248 e. The Kier molecular flexibility index (Phi) is 1.80. The second-order valence-electron chi connectivity index (χ2n) is 4.34. The van der Waals surface area contributed by atoms with Gasteiger partial charge in [0.25, 0.3) is 0 Å². The van der Waals surface area contributed by atoms with E-state index < -0.39 is 5.54 Å². The van der Waals surface area contributed by atoms with Crippen LogP contribution in [0.1, 0.15) is 24.4 Å². The van der Waals surface area contributed by atoms with Crippen molar-refractivity contribution in [3.05, 3.63) is 35.9 Å². The van der Waals surface area contributed by atoms with E-state index in [1.54, 1.807) is 0 Å². The van der Waals surface area contributed by atoms with E-state index in [2.05, 4.69) is 10.6 Å². The van der Waals surface area contributed by atoms with Gasteiger partial charge in [-0.2, -0.15) is 0 Å². The van der Waals surface area contributed by atoms with E-state index in [1.165, 1.54) is 0 Å². The number of rotatable bonds is 1. The standard InChI is InChI=1S/C12H12N2O2/c15-9-6-7-12(14-9)10(13-11(12)16)8-4-2-1-3-5-8/h1-5,10H,6-7H2,(H,13,16)(H,14,15). The minimum atomic E-state index is -0.682. The van der Waals surface area contributed by atoms with Gasteiger partial charge in [-0.3, -0.25) is 9.59 Å². The Bertz CT molecular complexity index is 457. The lowest BCUT2D eigenvalue weighted by Gasteiger charge is -2.46. The molecule has 0 aliphatic carbocycles. The second kappa shape index (κ2) is 3.07. The monoisotopic (exact) mass is 216 g/mol. The molecule has 2 aliphatic heterocycles. The molecule has 4 heteroatoms. The van der Waals surface area contributed by atoms with Crippen molar-refractivity contribution < 1.29 is 9.59 Å². The maximum absolute atomic E-state index is 11.7. The van der Waals surface area contributed by atoms with Gasteiger partial charge in [0.05, 0.1) is 6.04 Å². The van der Waals surface area contributed by atoms with Gasteiger partial charge < -0.3 is 10.6 Å². The lowest BCUT2D eigenvalue weighted by Crippen LogP contribution is -2.71. The van der Waals surface area contributed by atoms with E-state index in [9.17, 15) is 9.59 Å². The summed E-state index contributed by atoms with van der Waals surface area (Å²) in [6, 6.07) is 9.66. The predicted molar refractivity (Wildman–Crippen MR) is 57.4 cm³/mol. The van der Waals surface area contributed by atoms with Gasteiger partial charge in [0.15, 0.2) is 0 Å². The van der Waals surface area contributed by atoms with Crippen LogP contribution in [-0.2, 0) is 9.59 Å². The summed E-state index contributed by atoms with van der Waals surface area (Å²) in [5, 5.41) is 5.67. The summed E-state index contributed by atoms with van der Waals surface area (Å²) in [4.78, 5) is 22.9. The fourth-order valence-corrected chi connectivity index (χ4v) is 2.52. The van der Waals surface area contributed by atoms with Gasteiger partial charge >= 0.3 is 0 Å². The van der Waals surface area contributed by atoms with Crippen LogP contribution in [0.4, 0.5) is 0 Å². The Hall–Kier alpha value is -1.84. The largest absolute Gasteiger partial charge is 0.344 e. The molecule has 2 fully saturated rings. The summed E-state index contributed by atoms with van der Waals surface area (Å²) in [7, 11) is 0. The van der Waals surface area contributed by atoms with E-state index in [4.69, 9.17) is 0 Å². The molecule has 2 atom stereocenters. The zero-order chi connectivity index (χ0) is 11.2. The van der Waals surface area contributed by atoms with Crippen molar-refractivity contribution in [2.45, 2.75) is 24.4 Å². The van der Waals surface area contributed by atoms with Crippen molar-refractivity contribution >= 4 is 11.8 Å². The highest BCUT2D eigenvalue weighted by Gasteiger charge is 2.58. The highest BCUT2D eigenvalue weighted by molar-refractivity contribution is 6.00. The Labute approximate surface area is 93.0 Å². The molecule has 4 nitrogen and oxygen atoms in total. The Morgan fingerprint density at radius 1 is 1.19 bits per heavy atom. The van der Waals surface area contributed by atoms with Crippen LogP contribution in [0.5, 0.6) is 0 Å². The van der Waals surface area contributed by atoms with Crippen LogP contribution in [0.25, 0.3) is 0 Å². The normalized spacial score (nSPS) is 32.1. The van der Waals surface area contributed by atoms with Gasteiger partial charge in [0.1, 0.15) is 5.54 Å². The lowest BCUT2D eigenvalue weighted by molar-refractivity contribution is -0.141. The number of benzene rings is 1. The van der Waals surface area contributed by atoms with E-state index in [1.807, 2.05) is 30.3 Å². The Morgan fingerprint density at radius 3 is 2.50 bits per heavy atom. The molecule has 2 saturated heterocycles. The molecule has 1 spiro atoms. The number of nitrogens with one attached hydrogen (secondary N) is 2. The third-order valence-corrected chi connectivity index (χ3v) is 3.42. The second-order valence-corrected chi connectivity index (χ2v) is 4.34. The topological polar surface area (TPSA) is 58.2 Å². The highest BCUT2D eigenvalue weighted by atomic mass is 16.2. The number of amides is 2. The molecule has 2 unspecified atom stereocenters. The number of hydrogen-bond acceptors (Lipinski definition) is 2. The summed E-state index contributed by atoms with van der Waals surface area (Å²) in [6.07, 6.45) is 1.04. The number of carbonyl (C=O) groups excluding carboxylic acids is 2. The van der Waals surface area contributed by atoms with Gasteiger partial charge in [-0.1, -0.05) is 30.3 Å². The lowest BCUT2D eigenvalue weighted by atomic mass is 9.76. The molecule has 16 heavy (non-hydrogen) atoms. The predicted octanol–water partition coefficient (Wildman–Crippen LogP) is 0.506. The van der Waals surface area contributed by atoms with E-state index in [0.29, 0.717) is 12.8 Å². The molecule has 3 rings (SSSR count). The van der Waals surface area contributed by atoms with Gasteiger partial charge in [0, 0.05) is 6.42 Å². The van der Waals surface area contributed by atoms with Crippen LogP contribution in [0, 0.1) is 0 Å². The van der Waals surface area contributed by atoms with Crippen LogP contribution in [0.15, 0.2) is 30.3 Å². The van der Waals surface area contributed by atoms with Crippen LogP contribution in [0.3, 0.4) is 0 Å². The molecule has 1 aromatic rings. The summed E-state index contributed by atoms with van der Waals surface area (Å²) >= 11 is 0. The van der Waals surface area contributed by atoms with Crippen LogP contribution >= 0.6 is 0 Å². The van der Waals surface area contributed by atoms with Crippen molar-refractivity contribution in [1.82, 2.24) is 10.6 Å². The summed E-state index contributed by atoms with van der Waals surface area (Å²) < 4.78 is 0. The van der Waals surface area contributed by atoms with E-state index in [-0.39, 0.29) is 17.9 Å². The van der Waals surface area contributed by atoms with Gasteiger partial charge in [-0.15, -0.1) is 0 Å². The molecular weight excluding hydrogens is 204 g/mol. The SMILES string of the molecule is O=C1CCC2(N1)C(=O)NC2c1ccccc1. The van der Waals surface area contributed by atoms with E-state index >= 15 is 0 Å². The highest BCUT2D eigenvalue weighted by Crippen LogP contribution is 2.40. The summed E-state index contributed by atoms with van der Waals surface area (Å²) in [6.45, 7) is 0. The number of hydrogen-bond donors (Lipinski definition) is 2. The van der Waals surface area contributed by atoms with Gasteiger partial charge in [-0.05, 0) is 12.0 Å². The zero-order valence-electron chi connectivity index (χ0n) is 8.69. The molecule has 2 heterocycles. The average molecular weight is 216 g/mol. The first-order valence-corrected chi connectivity index (χ1v) is 5.39. The molecule has 0 aromatic heterocycles. The third-order valence-electron chi connectivity index (χ3n) is 3.42. The molecule has 1 aromatic carbocycles. The maximum Gasteiger partial charge on any atom is 0.248 e. The fraction of sp³-hybridized carbons (Fsp3) is 0.333. The molecule has 2 amide bonds. The molecule has 82 valence electrons. The molecular formula is C12H12N2O2. The molecule has 0 saturated carbocycles. The van der Waals surface area contributed by atoms with Crippen molar-refractivity contribution in [3.8, 4) is 0 Å². The molecule has 2 N–H and O–H groups in total. The Balaban J connectivity index is 1.94. The first kappa shape index (κ1) is 9.39. The van der Waals surface area contributed by atoms with Crippen molar-refractivity contribution in [2.75, 3.05) is 0 Å². The third kappa shape index (κ3) is 1.10. The van der Waals surface area contributed by atoms with E-state index in [0.717, 1.165) is 5.56 Å². The molecule has 0 bridgehead atoms. The zero-order valence-corrected chi connectivity index (χ0v) is 8.69. The Morgan fingerprint density at radius 2 is 1.94 bits per heavy atom. The fourth-order valence-electron chi connectivity index (χ4n) is 2.52. The quantitative estimate of drug-likeness (QED) is 0.672. The van der Waals surface area contributed by atoms with Gasteiger partial charge in [-0.25, -0.2) is 0 Å². The molecule has 0 radical (unpaired) electrons. The van der Waals surface area contributed by atoms with Crippen molar-refractivity contribution in [3.63, 3.8) is 0 Å². The van der Waals surface area contributed by atoms with Crippen LogP contribution in [-0.4, -0.2) is 17.4 Å². The average Bonchev–Trinajstić information content (AvgIpc) is 2.72. The maximum atomic E-state index is 11.7. The number of carbonyl (C=O) groups is 2. The minimum Gasteiger partial charge on any atom is -0.344 e. The van der Waals surface area contributed by atoms with Crippen LogP contribution in [0.2, 0.25) is 0 Å². The van der Waals surface area contributed by atoms with Crippen molar-refractivity contribution in [1.29, 1.82) is 0 Å². The number of β-lactam (4-membered cyclic amide) rings is 1. The van der Waals surface area contributed by atoms with Crippen molar-refractivity contribution in [2.24, 2.45) is 0 Å². The minimum absolute atomic E-state index is 0.0317. The van der Waals surface area contributed by atoms with Gasteiger partial charge in [0.2, 0.25) is 11.8 Å². The summed E-state index contributed by atoms with van der Waals surface area (Å²) in [5.41, 5.74) is 0.364. The summed E-state index contributed by atoms with van der Waals surface area (Å²) in [5.74, 6) is -0.0945. The first-order valence-electron chi connectivity index (χ1n) is 5.39. The molecule has 2 aliphatic rings. The first-order chi connectivity index (χ1) is 7.72. The van der Waals surface area contributed by atoms with Crippen LogP contribution < -0.4 is 10.6 Å².